The highest BCUT2D eigenvalue weighted by molar-refractivity contribution is 14.0. The van der Waals surface area contributed by atoms with Gasteiger partial charge in [-0.2, -0.15) is 0 Å². The number of nitrogens with zero attached hydrogens (tertiary/aromatic N) is 2. The maximum absolute atomic E-state index is 5.93. The molecule has 1 aliphatic heterocycles. The van der Waals surface area contributed by atoms with Gasteiger partial charge < -0.3 is 25.0 Å². The van der Waals surface area contributed by atoms with E-state index in [-0.39, 0.29) is 29.6 Å². The molecule has 0 bridgehead atoms. The fraction of sp³-hybridized carbons (Fsp3) is 0.650. The second-order valence-corrected chi connectivity index (χ2v) is 7.21. The molecule has 1 atom stereocenters. The van der Waals surface area contributed by atoms with Crippen molar-refractivity contribution in [2.24, 2.45) is 4.99 Å². The lowest BCUT2D eigenvalue weighted by Crippen LogP contribution is -2.45. The number of hydrogen-bond acceptors (Lipinski definition) is 4. The Hall–Kier alpha value is -1.06. The number of likely N-dealkylation sites (N-methyl/N-ethyl adjacent to an activating group) is 1. The van der Waals surface area contributed by atoms with Crippen LogP contribution in [0.4, 0.5) is 0 Å². The summed E-state index contributed by atoms with van der Waals surface area (Å²) in [7, 11) is 4.09. The third kappa shape index (κ3) is 8.66. The van der Waals surface area contributed by atoms with E-state index in [4.69, 9.17) is 14.5 Å². The Morgan fingerprint density at radius 2 is 2.07 bits per heavy atom. The zero-order valence-electron chi connectivity index (χ0n) is 17.1. The first kappa shape index (κ1) is 24.0. The summed E-state index contributed by atoms with van der Waals surface area (Å²) in [5.74, 6) is 1.72. The van der Waals surface area contributed by atoms with E-state index in [0.29, 0.717) is 13.2 Å². The molecule has 6 nitrogen and oxygen atoms in total. The van der Waals surface area contributed by atoms with Crippen LogP contribution in [0.25, 0.3) is 0 Å². The summed E-state index contributed by atoms with van der Waals surface area (Å²) in [6.45, 7) is 8.80. The van der Waals surface area contributed by atoms with E-state index >= 15 is 0 Å². The number of aliphatic imine (C=N–C) groups is 1. The van der Waals surface area contributed by atoms with Gasteiger partial charge in [0.1, 0.15) is 12.4 Å². The van der Waals surface area contributed by atoms with Crippen molar-refractivity contribution in [1.82, 2.24) is 15.5 Å². The third-order valence-electron chi connectivity index (χ3n) is 4.45. The van der Waals surface area contributed by atoms with Gasteiger partial charge in [0, 0.05) is 31.8 Å². The van der Waals surface area contributed by atoms with Gasteiger partial charge in [-0.05, 0) is 46.9 Å². The molecule has 27 heavy (non-hydrogen) atoms. The highest BCUT2D eigenvalue weighted by Crippen LogP contribution is 2.24. The number of nitrogens with one attached hydrogen (secondary N) is 2. The minimum absolute atomic E-state index is 0. The van der Waals surface area contributed by atoms with Gasteiger partial charge in [-0.15, -0.1) is 24.0 Å². The molecule has 0 radical (unpaired) electrons. The van der Waals surface area contributed by atoms with Crippen LogP contribution >= 0.6 is 24.0 Å². The monoisotopic (exact) mass is 490 g/mol. The van der Waals surface area contributed by atoms with Crippen LogP contribution in [0.1, 0.15) is 32.3 Å². The van der Waals surface area contributed by atoms with Crippen LogP contribution in [0.15, 0.2) is 29.3 Å². The van der Waals surface area contributed by atoms with Gasteiger partial charge in [-0.25, -0.2) is 4.99 Å². The van der Waals surface area contributed by atoms with Crippen molar-refractivity contribution < 1.29 is 9.47 Å². The lowest BCUT2D eigenvalue weighted by Gasteiger charge is -2.24. The first-order valence-corrected chi connectivity index (χ1v) is 9.54. The molecule has 1 saturated heterocycles. The molecular formula is C20H35IN4O2. The molecule has 0 spiro atoms. The first-order valence-electron chi connectivity index (χ1n) is 9.54. The fourth-order valence-electron chi connectivity index (χ4n) is 2.87. The van der Waals surface area contributed by atoms with Gasteiger partial charge in [0.15, 0.2) is 5.96 Å². The van der Waals surface area contributed by atoms with Crippen molar-refractivity contribution in [3.63, 3.8) is 0 Å². The standard InChI is InChI=1S/C20H34N4O2.HI/c1-5-21-19(23-16-20(2)11-8-13-26-20)22-15-17-9-6-7-10-18(17)25-14-12-24(3)4;/h6-7,9-10H,5,8,11-16H2,1-4H3,(H2,21,22,23);1H. The Morgan fingerprint density at radius 1 is 1.30 bits per heavy atom. The van der Waals surface area contributed by atoms with Crippen molar-refractivity contribution in [2.75, 3.05) is 46.9 Å². The van der Waals surface area contributed by atoms with E-state index in [9.17, 15) is 0 Å². The Bertz CT molecular complexity index is 575. The van der Waals surface area contributed by atoms with Crippen LogP contribution in [-0.4, -0.2) is 63.4 Å². The number of guanidine groups is 1. The van der Waals surface area contributed by atoms with Gasteiger partial charge in [0.25, 0.3) is 0 Å². The molecule has 1 unspecified atom stereocenters. The topological polar surface area (TPSA) is 58.1 Å². The molecule has 1 aliphatic rings. The summed E-state index contributed by atoms with van der Waals surface area (Å²) in [4.78, 5) is 6.84. The smallest absolute Gasteiger partial charge is 0.191 e. The largest absolute Gasteiger partial charge is 0.492 e. The highest BCUT2D eigenvalue weighted by Gasteiger charge is 2.29. The third-order valence-corrected chi connectivity index (χ3v) is 4.45. The molecule has 1 aromatic carbocycles. The molecule has 154 valence electrons. The summed E-state index contributed by atoms with van der Waals surface area (Å²) in [6.07, 6.45) is 2.21. The molecule has 0 aliphatic carbocycles. The van der Waals surface area contributed by atoms with Crippen LogP contribution in [-0.2, 0) is 11.3 Å². The van der Waals surface area contributed by atoms with Crippen molar-refractivity contribution >= 4 is 29.9 Å². The summed E-state index contributed by atoms with van der Waals surface area (Å²) in [5, 5.41) is 6.72. The lowest BCUT2D eigenvalue weighted by atomic mass is 10.0. The second kappa shape index (κ2) is 12.4. The van der Waals surface area contributed by atoms with E-state index in [0.717, 1.165) is 56.4 Å². The number of ether oxygens (including phenoxy) is 2. The van der Waals surface area contributed by atoms with Crippen LogP contribution in [0.3, 0.4) is 0 Å². The van der Waals surface area contributed by atoms with Crippen molar-refractivity contribution in [3.05, 3.63) is 29.8 Å². The van der Waals surface area contributed by atoms with Crippen molar-refractivity contribution in [1.29, 1.82) is 0 Å². The minimum atomic E-state index is -0.0939. The molecule has 1 aromatic rings. The lowest BCUT2D eigenvalue weighted by molar-refractivity contribution is 0.0243. The summed E-state index contributed by atoms with van der Waals surface area (Å²) < 4.78 is 11.8. The zero-order valence-corrected chi connectivity index (χ0v) is 19.4. The predicted molar refractivity (Wildman–Crippen MR) is 122 cm³/mol. The SMILES string of the molecule is CCNC(=NCc1ccccc1OCCN(C)C)NCC1(C)CCCO1.I. The molecule has 7 heteroatoms. The maximum Gasteiger partial charge on any atom is 0.191 e. The van der Waals surface area contributed by atoms with Crippen molar-refractivity contribution in [2.45, 2.75) is 38.8 Å². The average Bonchev–Trinajstić information content (AvgIpc) is 3.05. The van der Waals surface area contributed by atoms with E-state index in [1.807, 2.05) is 32.3 Å². The number of hydrogen-bond donors (Lipinski definition) is 2. The van der Waals surface area contributed by atoms with E-state index in [1.165, 1.54) is 0 Å². The summed E-state index contributed by atoms with van der Waals surface area (Å²) in [5.41, 5.74) is 0.996. The molecule has 2 N–H and O–H groups in total. The zero-order chi connectivity index (χ0) is 18.8. The Labute approximate surface area is 181 Å². The van der Waals surface area contributed by atoms with Gasteiger partial charge in [-0.1, -0.05) is 18.2 Å². The molecule has 1 heterocycles. The molecule has 1 fully saturated rings. The normalized spacial score (nSPS) is 19.7. The van der Waals surface area contributed by atoms with E-state index in [2.05, 4.69) is 35.4 Å². The number of para-hydroxylation sites is 1. The van der Waals surface area contributed by atoms with E-state index in [1.54, 1.807) is 0 Å². The quantitative estimate of drug-likeness (QED) is 0.317. The molecule has 0 saturated carbocycles. The fourth-order valence-corrected chi connectivity index (χ4v) is 2.87. The van der Waals surface area contributed by atoms with Crippen LogP contribution in [0.5, 0.6) is 5.75 Å². The molecule has 0 aromatic heterocycles. The van der Waals surface area contributed by atoms with Gasteiger partial charge >= 0.3 is 0 Å². The second-order valence-electron chi connectivity index (χ2n) is 7.21. The Morgan fingerprint density at radius 3 is 2.74 bits per heavy atom. The first-order chi connectivity index (χ1) is 12.5. The van der Waals surface area contributed by atoms with Gasteiger partial charge in [-0.3, -0.25) is 0 Å². The van der Waals surface area contributed by atoms with Gasteiger partial charge in [0.05, 0.1) is 12.1 Å². The van der Waals surface area contributed by atoms with E-state index < -0.39 is 0 Å². The Kier molecular flexibility index (Phi) is 11.0. The van der Waals surface area contributed by atoms with Crippen LogP contribution in [0, 0.1) is 0 Å². The predicted octanol–water partition coefficient (Wildman–Crippen LogP) is 2.87. The minimum Gasteiger partial charge on any atom is -0.492 e. The van der Waals surface area contributed by atoms with Crippen molar-refractivity contribution in [3.8, 4) is 5.75 Å². The molecule has 2 rings (SSSR count). The van der Waals surface area contributed by atoms with Crippen LogP contribution in [0.2, 0.25) is 0 Å². The maximum atomic E-state index is 5.93. The molecular weight excluding hydrogens is 455 g/mol. The number of halogens is 1. The summed E-state index contributed by atoms with van der Waals surface area (Å²) in [6, 6.07) is 8.10. The average molecular weight is 490 g/mol. The highest BCUT2D eigenvalue weighted by atomic mass is 127. The Balaban J connectivity index is 0.00000364. The molecule has 0 amide bonds. The number of rotatable bonds is 9. The summed E-state index contributed by atoms with van der Waals surface area (Å²) >= 11 is 0. The number of benzene rings is 1. The van der Waals surface area contributed by atoms with Gasteiger partial charge in [0.2, 0.25) is 0 Å². The van der Waals surface area contributed by atoms with Crippen LogP contribution < -0.4 is 15.4 Å².